The van der Waals surface area contributed by atoms with E-state index in [1.165, 1.54) is 36.8 Å². The molecule has 1 N–H and O–H groups in total. The molecule has 0 bridgehead atoms. The van der Waals surface area contributed by atoms with Crippen LogP contribution in [0.1, 0.15) is 43.7 Å². The average molecular weight is 376 g/mol. The van der Waals surface area contributed by atoms with Gasteiger partial charge in [-0.3, -0.25) is 0 Å². The minimum Gasteiger partial charge on any atom is -0.489 e. The van der Waals surface area contributed by atoms with E-state index in [9.17, 15) is 0 Å². The lowest BCUT2D eigenvalue weighted by Gasteiger charge is -2.13. The molecule has 0 spiro atoms. The molecular formula is C20H26BrNO. The molecule has 0 aliphatic carbocycles. The van der Waals surface area contributed by atoms with E-state index >= 15 is 0 Å². The second-order valence-corrected chi connectivity index (χ2v) is 6.68. The molecule has 0 aromatic heterocycles. The van der Waals surface area contributed by atoms with Crippen molar-refractivity contribution in [3.8, 4) is 5.75 Å². The van der Waals surface area contributed by atoms with Gasteiger partial charge in [0.1, 0.15) is 12.4 Å². The molecule has 0 aliphatic rings. The molecule has 0 aliphatic heterocycles. The molecule has 0 unspecified atom stereocenters. The highest BCUT2D eigenvalue weighted by atomic mass is 79.9. The fourth-order valence-corrected chi connectivity index (χ4v) is 2.87. The van der Waals surface area contributed by atoms with E-state index in [0.717, 1.165) is 23.3 Å². The van der Waals surface area contributed by atoms with E-state index in [1.54, 1.807) is 0 Å². The number of ether oxygens (including phenoxy) is 1. The second kappa shape index (κ2) is 10.5. The molecule has 3 heteroatoms. The van der Waals surface area contributed by atoms with Crippen LogP contribution >= 0.6 is 15.9 Å². The standard InChI is InChI=1S/C20H26BrNO/c1-2-3-4-8-13-22-15-18-14-19(21)11-12-20(18)23-16-17-9-6-5-7-10-17/h5-7,9-12,14,22H,2-4,8,13,15-16H2,1H3. The van der Waals surface area contributed by atoms with E-state index in [-0.39, 0.29) is 0 Å². The first kappa shape index (κ1) is 18.0. The summed E-state index contributed by atoms with van der Waals surface area (Å²) in [4.78, 5) is 0. The highest BCUT2D eigenvalue weighted by Crippen LogP contribution is 2.24. The van der Waals surface area contributed by atoms with Crippen LogP contribution in [0.25, 0.3) is 0 Å². The van der Waals surface area contributed by atoms with Crippen LogP contribution in [0.4, 0.5) is 0 Å². The SMILES string of the molecule is CCCCCCNCc1cc(Br)ccc1OCc1ccccc1. The van der Waals surface area contributed by atoms with Gasteiger partial charge in [0, 0.05) is 16.6 Å². The fraction of sp³-hybridized carbons (Fsp3) is 0.400. The Morgan fingerprint density at radius 1 is 1.00 bits per heavy atom. The molecular weight excluding hydrogens is 350 g/mol. The Bertz CT molecular complexity index is 571. The zero-order valence-corrected chi connectivity index (χ0v) is 15.4. The Hall–Kier alpha value is -1.32. The lowest BCUT2D eigenvalue weighted by atomic mass is 10.2. The maximum atomic E-state index is 6.01. The van der Waals surface area contributed by atoms with Gasteiger partial charge in [-0.15, -0.1) is 0 Å². The Balaban J connectivity index is 1.86. The topological polar surface area (TPSA) is 21.3 Å². The molecule has 0 fully saturated rings. The first-order valence-corrected chi connectivity index (χ1v) is 9.24. The summed E-state index contributed by atoms with van der Waals surface area (Å²) in [5.74, 6) is 0.957. The van der Waals surface area contributed by atoms with Crippen molar-refractivity contribution in [2.24, 2.45) is 0 Å². The van der Waals surface area contributed by atoms with Crippen molar-refractivity contribution in [3.63, 3.8) is 0 Å². The maximum Gasteiger partial charge on any atom is 0.124 e. The summed E-state index contributed by atoms with van der Waals surface area (Å²) in [7, 11) is 0. The van der Waals surface area contributed by atoms with Crippen molar-refractivity contribution in [1.29, 1.82) is 0 Å². The summed E-state index contributed by atoms with van der Waals surface area (Å²) in [6, 6.07) is 16.5. The van der Waals surface area contributed by atoms with Crippen molar-refractivity contribution in [2.45, 2.75) is 45.8 Å². The normalized spacial score (nSPS) is 10.7. The number of benzene rings is 2. The Morgan fingerprint density at radius 2 is 1.83 bits per heavy atom. The van der Waals surface area contributed by atoms with Crippen LogP contribution in [-0.4, -0.2) is 6.54 Å². The van der Waals surface area contributed by atoms with Gasteiger partial charge in [0.25, 0.3) is 0 Å². The summed E-state index contributed by atoms with van der Waals surface area (Å²) >= 11 is 3.55. The molecule has 0 heterocycles. The molecule has 0 amide bonds. The molecule has 2 aromatic rings. The third-order valence-corrected chi connectivity index (χ3v) is 4.28. The van der Waals surface area contributed by atoms with Crippen LogP contribution < -0.4 is 10.1 Å². The molecule has 0 saturated carbocycles. The average Bonchev–Trinajstić information content (AvgIpc) is 2.58. The monoisotopic (exact) mass is 375 g/mol. The van der Waals surface area contributed by atoms with Gasteiger partial charge in [0.05, 0.1) is 0 Å². The number of hydrogen-bond acceptors (Lipinski definition) is 2. The molecule has 0 atom stereocenters. The van der Waals surface area contributed by atoms with Crippen molar-refractivity contribution >= 4 is 15.9 Å². The van der Waals surface area contributed by atoms with E-state index in [0.29, 0.717) is 6.61 Å². The largest absolute Gasteiger partial charge is 0.489 e. The zero-order chi connectivity index (χ0) is 16.3. The minimum atomic E-state index is 0.603. The van der Waals surface area contributed by atoms with Crippen molar-refractivity contribution in [1.82, 2.24) is 5.32 Å². The lowest BCUT2D eigenvalue weighted by molar-refractivity contribution is 0.302. The summed E-state index contributed by atoms with van der Waals surface area (Å²) in [5, 5.41) is 3.53. The summed E-state index contributed by atoms with van der Waals surface area (Å²) in [6.45, 7) is 4.75. The predicted octanol–water partition coefficient (Wildman–Crippen LogP) is 5.70. The minimum absolute atomic E-state index is 0.603. The van der Waals surface area contributed by atoms with Crippen LogP contribution in [0.15, 0.2) is 53.0 Å². The smallest absolute Gasteiger partial charge is 0.124 e. The Labute approximate surface area is 148 Å². The second-order valence-electron chi connectivity index (χ2n) is 5.76. The number of hydrogen-bond donors (Lipinski definition) is 1. The van der Waals surface area contributed by atoms with Crippen molar-refractivity contribution < 1.29 is 4.74 Å². The highest BCUT2D eigenvalue weighted by Gasteiger charge is 2.05. The van der Waals surface area contributed by atoms with Crippen LogP contribution in [0.2, 0.25) is 0 Å². The third kappa shape index (κ3) is 6.76. The molecule has 0 saturated heterocycles. The molecule has 124 valence electrons. The van der Waals surface area contributed by atoms with E-state index < -0.39 is 0 Å². The quantitative estimate of drug-likeness (QED) is 0.537. The van der Waals surface area contributed by atoms with Gasteiger partial charge in [-0.05, 0) is 36.7 Å². The number of nitrogens with one attached hydrogen (secondary N) is 1. The van der Waals surface area contributed by atoms with Gasteiger partial charge >= 0.3 is 0 Å². The summed E-state index contributed by atoms with van der Waals surface area (Å²) < 4.78 is 7.10. The fourth-order valence-electron chi connectivity index (χ4n) is 2.46. The Kier molecular flexibility index (Phi) is 8.19. The van der Waals surface area contributed by atoms with Gasteiger partial charge in [-0.25, -0.2) is 0 Å². The number of rotatable bonds is 10. The zero-order valence-electron chi connectivity index (χ0n) is 13.9. The lowest BCUT2D eigenvalue weighted by Crippen LogP contribution is -2.15. The van der Waals surface area contributed by atoms with Gasteiger partial charge in [0.2, 0.25) is 0 Å². The van der Waals surface area contributed by atoms with Crippen LogP contribution in [-0.2, 0) is 13.2 Å². The number of halogens is 1. The van der Waals surface area contributed by atoms with Crippen LogP contribution in [0.5, 0.6) is 5.75 Å². The number of unbranched alkanes of at least 4 members (excludes halogenated alkanes) is 3. The summed E-state index contributed by atoms with van der Waals surface area (Å²) in [5.41, 5.74) is 2.39. The Morgan fingerprint density at radius 3 is 2.61 bits per heavy atom. The van der Waals surface area contributed by atoms with Gasteiger partial charge in [-0.1, -0.05) is 72.4 Å². The maximum absolute atomic E-state index is 6.01. The first-order valence-electron chi connectivity index (χ1n) is 8.45. The molecule has 0 radical (unpaired) electrons. The first-order chi connectivity index (χ1) is 11.3. The van der Waals surface area contributed by atoms with Crippen LogP contribution in [0.3, 0.4) is 0 Å². The van der Waals surface area contributed by atoms with Gasteiger partial charge < -0.3 is 10.1 Å². The van der Waals surface area contributed by atoms with E-state index in [4.69, 9.17) is 4.74 Å². The third-order valence-electron chi connectivity index (χ3n) is 3.78. The molecule has 2 aromatic carbocycles. The van der Waals surface area contributed by atoms with Crippen molar-refractivity contribution in [3.05, 3.63) is 64.1 Å². The predicted molar refractivity (Wildman–Crippen MR) is 101 cm³/mol. The van der Waals surface area contributed by atoms with E-state index in [1.807, 2.05) is 30.3 Å². The van der Waals surface area contributed by atoms with Gasteiger partial charge in [0.15, 0.2) is 0 Å². The van der Waals surface area contributed by atoms with E-state index in [2.05, 4.69) is 46.4 Å². The molecule has 23 heavy (non-hydrogen) atoms. The highest BCUT2D eigenvalue weighted by molar-refractivity contribution is 9.10. The molecule has 2 nitrogen and oxygen atoms in total. The molecule has 2 rings (SSSR count). The van der Waals surface area contributed by atoms with Crippen LogP contribution in [0, 0.1) is 0 Å². The van der Waals surface area contributed by atoms with Crippen molar-refractivity contribution in [2.75, 3.05) is 6.54 Å². The summed E-state index contributed by atoms with van der Waals surface area (Å²) in [6.07, 6.45) is 5.15. The van der Waals surface area contributed by atoms with Gasteiger partial charge in [-0.2, -0.15) is 0 Å².